The fourth-order valence-corrected chi connectivity index (χ4v) is 7.16. The molecule has 4 aromatic rings. The molecular formula is C28H31N3OS. The summed E-state index contributed by atoms with van der Waals surface area (Å²) in [6.07, 6.45) is 6.35. The number of benzene rings is 2. The van der Waals surface area contributed by atoms with Crippen LogP contribution in [0.2, 0.25) is 0 Å². The molecule has 2 aromatic heterocycles. The van der Waals surface area contributed by atoms with Crippen LogP contribution in [0.3, 0.4) is 0 Å². The lowest BCUT2D eigenvalue weighted by atomic mass is 9.91. The summed E-state index contributed by atoms with van der Waals surface area (Å²) in [7, 11) is 2.15. The molecule has 1 unspecified atom stereocenters. The second-order valence-electron chi connectivity index (χ2n) is 9.98. The average Bonchev–Trinajstić information content (AvgIpc) is 3.58. The second-order valence-corrected chi connectivity index (χ2v) is 11.3. The van der Waals surface area contributed by atoms with E-state index in [1.54, 1.807) is 0 Å². The second kappa shape index (κ2) is 8.37. The Morgan fingerprint density at radius 2 is 1.94 bits per heavy atom. The lowest BCUT2D eigenvalue weighted by Gasteiger charge is -2.18. The fraction of sp³-hybridized carbons (Fsp3) is 0.429. The number of aliphatic hydroxyl groups excluding tert-OH is 1. The third-order valence-corrected chi connectivity index (χ3v) is 8.86. The van der Waals surface area contributed by atoms with E-state index in [2.05, 4.69) is 36.7 Å². The molecule has 1 N–H and O–H groups in total. The van der Waals surface area contributed by atoms with Gasteiger partial charge in [0.15, 0.2) is 0 Å². The maximum Gasteiger partial charge on any atom is 0.118 e. The van der Waals surface area contributed by atoms with Crippen molar-refractivity contribution in [2.75, 3.05) is 0 Å². The summed E-state index contributed by atoms with van der Waals surface area (Å²) < 4.78 is 2.27. The van der Waals surface area contributed by atoms with Crippen molar-refractivity contribution in [1.29, 1.82) is 0 Å². The molecule has 1 saturated carbocycles. The number of aryl methyl sites for hydroxylation is 3. The van der Waals surface area contributed by atoms with Crippen LogP contribution >= 0.6 is 11.3 Å². The van der Waals surface area contributed by atoms with Gasteiger partial charge in [0.1, 0.15) is 5.82 Å². The Bertz CT molecular complexity index is 1290. The van der Waals surface area contributed by atoms with Gasteiger partial charge in [0.05, 0.1) is 33.8 Å². The number of fused-ring (bicyclic) bond motifs is 2. The summed E-state index contributed by atoms with van der Waals surface area (Å²) in [6, 6.07) is 17.0. The molecule has 6 rings (SSSR count). The van der Waals surface area contributed by atoms with Gasteiger partial charge in [-0.2, -0.15) is 0 Å². The topological polar surface area (TPSA) is 50.9 Å². The van der Waals surface area contributed by atoms with E-state index in [-0.39, 0.29) is 6.10 Å². The van der Waals surface area contributed by atoms with Gasteiger partial charge in [-0.25, -0.2) is 9.97 Å². The molecule has 4 atom stereocenters. The highest BCUT2D eigenvalue weighted by atomic mass is 32.1. The minimum Gasteiger partial charge on any atom is -0.388 e. The zero-order chi connectivity index (χ0) is 22.5. The number of rotatable bonds is 5. The first kappa shape index (κ1) is 21.1. The van der Waals surface area contributed by atoms with Gasteiger partial charge in [-0.05, 0) is 80.5 Å². The summed E-state index contributed by atoms with van der Waals surface area (Å²) in [5.74, 6) is 2.46. The van der Waals surface area contributed by atoms with Crippen LogP contribution in [0.5, 0.6) is 0 Å². The van der Waals surface area contributed by atoms with Gasteiger partial charge in [0, 0.05) is 11.9 Å². The molecule has 2 aliphatic rings. The molecule has 2 aliphatic carbocycles. The summed E-state index contributed by atoms with van der Waals surface area (Å²) in [5, 5.41) is 12.0. The molecule has 4 nitrogen and oxygen atoms in total. The number of aliphatic hydroxyl groups is 1. The van der Waals surface area contributed by atoms with Crippen molar-refractivity contribution < 1.29 is 5.11 Å². The van der Waals surface area contributed by atoms with Crippen LogP contribution in [0.4, 0.5) is 0 Å². The summed E-state index contributed by atoms with van der Waals surface area (Å²) in [4.78, 5) is 11.4. The molecule has 5 heteroatoms. The summed E-state index contributed by atoms with van der Waals surface area (Å²) >= 11 is 1.84. The Kier molecular flexibility index (Phi) is 5.34. The first-order valence-corrected chi connectivity index (χ1v) is 13.0. The van der Waals surface area contributed by atoms with Crippen LogP contribution in [-0.4, -0.2) is 19.6 Å². The minimum absolute atomic E-state index is 0.320. The Hall–Kier alpha value is -2.50. The first-order valence-electron chi connectivity index (χ1n) is 12.2. The van der Waals surface area contributed by atoms with Gasteiger partial charge in [0.2, 0.25) is 0 Å². The maximum absolute atomic E-state index is 10.8. The zero-order valence-electron chi connectivity index (χ0n) is 19.4. The van der Waals surface area contributed by atoms with Crippen molar-refractivity contribution >= 4 is 22.4 Å². The van der Waals surface area contributed by atoms with E-state index in [1.165, 1.54) is 28.1 Å². The van der Waals surface area contributed by atoms with Crippen LogP contribution in [-0.2, 0) is 19.9 Å². The van der Waals surface area contributed by atoms with E-state index in [0.29, 0.717) is 17.8 Å². The molecule has 33 heavy (non-hydrogen) atoms. The average molecular weight is 458 g/mol. The Balaban J connectivity index is 1.19. The summed E-state index contributed by atoms with van der Waals surface area (Å²) in [6.45, 7) is 2.10. The molecule has 0 bridgehead atoms. The highest BCUT2D eigenvalue weighted by molar-refractivity contribution is 7.11. The third kappa shape index (κ3) is 3.81. The van der Waals surface area contributed by atoms with Gasteiger partial charge >= 0.3 is 0 Å². The number of thiazole rings is 1. The number of hydrogen-bond acceptors (Lipinski definition) is 4. The lowest BCUT2D eigenvalue weighted by molar-refractivity contribution is 0.109. The van der Waals surface area contributed by atoms with Gasteiger partial charge < -0.3 is 9.67 Å². The van der Waals surface area contributed by atoms with E-state index in [9.17, 15) is 5.11 Å². The molecule has 170 valence electrons. The molecule has 0 spiro atoms. The Morgan fingerprint density at radius 3 is 2.79 bits per heavy atom. The van der Waals surface area contributed by atoms with Crippen molar-refractivity contribution in [3.8, 4) is 0 Å². The van der Waals surface area contributed by atoms with E-state index in [4.69, 9.17) is 9.97 Å². The molecule has 2 aromatic carbocycles. The van der Waals surface area contributed by atoms with Crippen molar-refractivity contribution in [1.82, 2.24) is 14.5 Å². The first-order chi connectivity index (χ1) is 16.1. The molecular weight excluding hydrogens is 426 g/mol. The van der Waals surface area contributed by atoms with Crippen LogP contribution in [0.1, 0.15) is 70.2 Å². The number of imidazole rings is 1. The molecule has 2 heterocycles. The van der Waals surface area contributed by atoms with E-state index >= 15 is 0 Å². The molecule has 0 saturated heterocycles. The largest absolute Gasteiger partial charge is 0.388 e. The van der Waals surface area contributed by atoms with Gasteiger partial charge in [-0.3, -0.25) is 0 Å². The van der Waals surface area contributed by atoms with Crippen LogP contribution in [0.15, 0.2) is 48.5 Å². The monoisotopic (exact) mass is 457 g/mol. The number of nitrogens with zero attached hydrogens (tertiary/aromatic N) is 3. The SMILES string of the molecule is Cc1nc2c(s1)CC[C@H]2c1nc2cc(CC3CC[C@H]([C@H](O)c4ccccc4)C3)ccc2n1C. The van der Waals surface area contributed by atoms with Gasteiger partial charge in [0.25, 0.3) is 0 Å². The van der Waals surface area contributed by atoms with E-state index in [0.717, 1.165) is 54.0 Å². The van der Waals surface area contributed by atoms with Crippen molar-refractivity contribution in [3.05, 3.63) is 81.1 Å². The quantitative estimate of drug-likeness (QED) is 0.393. The van der Waals surface area contributed by atoms with Gasteiger partial charge in [-0.1, -0.05) is 36.4 Å². The highest BCUT2D eigenvalue weighted by Gasteiger charge is 2.32. The van der Waals surface area contributed by atoms with Gasteiger partial charge in [-0.15, -0.1) is 11.3 Å². The third-order valence-electron chi connectivity index (χ3n) is 7.81. The Labute approximate surface area is 199 Å². The highest BCUT2D eigenvalue weighted by Crippen LogP contribution is 2.42. The van der Waals surface area contributed by atoms with Crippen LogP contribution in [0.25, 0.3) is 11.0 Å². The minimum atomic E-state index is -0.345. The fourth-order valence-electron chi connectivity index (χ4n) is 6.14. The van der Waals surface area contributed by atoms with Crippen molar-refractivity contribution in [3.63, 3.8) is 0 Å². The standard InChI is InChI=1S/C28H31N3OS/c1-17-29-26-22(11-13-25(26)33-17)28-30-23-16-19(9-12-24(23)31(28)2)14-18-8-10-21(15-18)27(32)20-6-4-3-5-7-20/h3-7,9,12,16,18,21-22,27,32H,8,10-11,13-15H2,1-2H3/t18?,21-,22+,27+/m0/s1. The number of aromatic nitrogens is 3. The smallest absolute Gasteiger partial charge is 0.118 e. The van der Waals surface area contributed by atoms with Crippen molar-refractivity contribution in [2.24, 2.45) is 18.9 Å². The molecule has 0 amide bonds. The Morgan fingerprint density at radius 1 is 1.09 bits per heavy atom. The van der Waals surface area contributed by atoms with Crippen LogP contribution in [0, 0.1) is 18.8 Å². The molecule has 0 aliphatic heterocycles. The molecule has 0 radical (unpaired) electrons. The number of hydrogen-bond donors (Lipinski definition) is 1. The maximum atomic E-state index is 10.8. The summed E-state index contributed by atoms with van der Waals surface area (Å²) in [5.41, 5.74) is 5.98. The van der Waals surface area contributed by atoms with E-state index < -0.39 is 0 Å². The predicted molar refractivity (Wildman–Crippen MR) is 134 cm³/mol. The lowest BCUT2D eigenvalue weighted by Crippen LogP contribution is -2.10. The van der Waals surface area contributed by atoms with Crippen LogP contribution < -0.4 is 0 Å². The molecule has 1 fully saturated rings. The zero-order valence-corrected chi connectivity index (χ0v) is 20.2. The normalized spacial score (nSPS) is 23.3. The van der Waals surface area contributed by atoms with E-state index in [1.807, 2.05) is 41.7 Å². The predicted octanol–water partition coefficient (Wildman–Crippen LogP) is 6.11. The van der Waals surface area contributed by atoms with Crippen molar-refractivity contribution in [2.45, 2.75) is 57.5 Å².